The van der Waals surface area contributed by atoms with Crippen LogP contribution in [0.1, 0.15) is 25.7 Å². The summed E-state index contributed by atoms with van der Waals surface area (Å²) in [5.74, 6) is 0.371. The molecule has 0 spiro atoms. The van der Waals surface area contributed by atoms with Crippen molar-refractivity contribution in [2.75, 3.05) is 11.9 Å². The van der Waals surface area contributed by atoms with Crippen molar-refractivity contribution in [1.29, 1.82) is 0 Å². The second-order valence-electron chi connectivity index (χ2n) is 4.67. The van der Waals surface area contributed by atoms with Crippen molar-refractivity contribution in [3.8, 4) is 0 Å². The van der Waals surface area contributed by atoms with Crippen LogP contribution in [0, 0.1) is 0 Å². The second kappa shape index (κ2) is 6.30. The number of hydrogen-bond donors (Lipinski definition) is 3. The van der Waals surface area contributed by atoms with Crippen molar-refractivity contribution >= 4 is 24.6 Å². The molecule has 0 saturated carbocycles. The van der Waals surface area contributed by atoms with Crippen molar-refractivity contribution in [1.82, 2.24) is 19.5 Å². The first kappa shape index (κ1) is 14.9. The van der Waals surface area contributed by atoms with Crippen LogP contribution in [-0.4, -0.2) is 35.5 Å². The van der Waals surface area contributed by atoms with Gasteiger partial charge in [0.25, 0.3) is 0 Å². The molecule has 0 amide bonds. The molecule has 0 unspecified atom stereocenters. The first-order chi connectivity index (χ1) is 9.47. The van der Waals surface area contributed by atoms with E-state index in [-0.39, 0.29) is 6.16 Å². The van der Waals surface area contributed by atoms with Gasteiger partial charge in [0, 0.05) is 12.7 Å². The minimum absolute atomic E-state index is 0.0369. The fourth-order valence-electron chi connectivity index (χ4n) is 2.02. The number of aryl methyl sites for hydroxylation is 1. The van der Waals surface area contributed by atoms with Crippen LogP contribution in [0.4, 0.5) is 5.82 Å². The standard InChI is InChI=1S/C11H18N5O3P/c12-10-9-11(14-7-13-10)16(8-15-9)5-3-1-2-4-6-20(17,18)19/h7-8H,1-6H2,(H2,12,13,14)(H2,17,18,19). The lowest BCUT2D eigenvalue weighted by Crippen LogP contribution is -1.99. The van der Waals surface area contributed by atoms with Crippen molar-refractivity contribution in [2.24, 2.45) is 0 Å². The molecule has 0 saturated heterocycles. The zero-order valence-corrected chi connectivity index (χ0v) is 11.9. The van der Waals surface area contributed by atoms with E-state index in [9.17, 15) is 4.57 Å². The van der Waals surface area contributed by atoms with Gasteiger partial charge < -0.3 is 20.1 Å². The van der Waals surface area contributed by atoms with E-state index in [0.717, 1.165) is 25.8 Å². The molecule has 2 rings (SSSR count). The highest BCUT2D eigenvalue weighted by Crippen LogP contribution is 2.35. The Morgan fingerprint density at radius 1 is 1.15 bits per heavy atom. The average molecular weight is 299 g/mol. The molecule has 0 bridgehead atoms. The lowest BCUT2D eigenvalue weighted by atomic mass is 10.2. The topological polar surface area (TPSA) is 127 Å². The third-order valence-electron chi connectivity index (χ3n) is 3.03. The van der Waals surface area contributed by atoms with Gasteiger partial charge in [0.1, 0.15) is 11.8 Å². The Balaban J connectivity index is 1.79. The molecule has 110 valence electrons. The number of hydrogen-bond acceptors (Lipinski definition) is 5. The van der Waals surface area contributed by atoms with E-state index in [1.807, 2.05) is 4.57 Å². The highest BCUT2D eigenvalue weighted by molar-refractivity contribution is 7.51. The van der Waals surface area contributed by atoms with Gasteiger partial charge in [-0.05, 0) is 12.8 Å². The maximum atomic E-state index is 10.7. The van der Waals surface area contributed by atoms with Crippen molar-refractivity contribution < 1.29 is 14.4 Å². The number of nitrogens with two attached hydrogens (primary N) is 1. The number of aromatic nitrogens is 4. The molecular weight excluding hydrogens is 281 g/mol. The predicted octanol–water partition coefficient (Wildman–Crippen LogP) is 1.15. The van der Waals surface area contributed by atoms with Gasteiger partial charge in [-0.2, -0.15) is 0 Å². The Hall–Kier alpha value is -1.50. The van der Waals surface area contributed by atoms with Gasteiger partial charge in [-0.15, -0.1) is 0 Å². The summed E-state index contributed by atoms with van der Waals surface area (Å²) in [6, 6.07) is 0. The summed E-state index contributed by atoms with van der Waals surface area (Å²) < 4.78 is 12.6. The Morgan fingerprint density at radius 2 is 1.90 bits per heavy atom. The summed E-state index contributed by atoms with van der Waals surface area (Å²) in [5, 5.41) is 0. The Bertz CT molecular complexity index is 624. The molecule has 2 aromatic heterocycles. The molecule has 4 N–H and O–H groups in total. The van der Waals surface area contributed by atoms with Gasteiger partial charge in [0.2, 0.25) is 0 Å². The van der Waals surface area contributed by atoms with Gasteiger partial charge in [-0.1, -0.05) is 12.8 Å². The van der Waals surface area contributed by atoms with Crippen LogP contribution in [0.2, 0.25) is 0 Å². The number of rotatable bonds is 7. The fourth-order valence-corrected chi connectivity index (χ4v) is 2.65. The number of nitrogens with zero attached hydrogens (tertiary/aromatic N) is 4. The summed E-state index contributed by atoms with van der Waals surface area (Å²) in [7, 11) is -3.85. The lowest BCUT2D eigenvalue weighted by molar-refractivity contribution is 0.370. The molecule has 0 aliphatic rings. The molecule has 0 aromatic carbocycles. The van der Waals surface area contributed by atoms with Crippen LogP contribution in [0.3, 0.4) is 0 Å². The Morgan fingerprint density at radius 3 is 2.65 bits per heavy atom. The highest BCUT2D eigenvalue weighted by atomic mass is 31.2. The van der Waals surface area contributed by atoms with E-state index in [1.165, 1.54) is 6.33 Å². The molecule has 8 nitrogen and oxygen atoms in total. The molecule has 0 radical (unpaired) electrons. The largest absolute Gasteiger partial charge is 0.382 e. The molecule has 0 atom stereocenters. The molecule has 9 heteroatoms. The van der Waals surface area contributed by atoms with Crippen LogP contribution in [-0.2, 0) is 11.1 Å². The van der Waals surface area contributed by atoms with Crippen LogP contribution in [0.15, 0.2) is 12.7 Å². The zero-order chi connectivity index (χ0) is 14.6. The number of unbranched alkanes of at least 4 members (excludes halogenated alkanes) is 3. The van der Waals surface area contributed by atoms with Crippen LogP contribution < -0.4 is 5.73 Å². The SMILES string of the molecule is Nc1ncnc2c1ncn2CCCCCCP(=O)(O)O. The zero-order valence-electron chi connectivity index (χ0n) is 11.0. The van der Waals surface area contributed by atoms with E-state index in [4.69, 9.17) is 15.5 Å². The highest BCUT2D eigenvalue weighted by Gasteiger charge is 2.11. The third-order valence-corrected chi connectivity index (χ3v) is 3.93. The first-order valence-electron chi connectivity index (χ1n) is 6.43. The van der Waals surface area contributed by atoms with E-state index in [2.05, 4.69) is 15.0 Å². The molecule has 2 aromatic rings. The average Bonchev–Trinajstić information content (AvgIpc) is 2.77. The molecule has 20 heavy (non-hydrogen) atoms. The lowest BCUT2D eigenvalue weighted by Gasteiger charge is -2.05. The monoisotopic (exact) mass is 299 g/mol. The van der Waals surface area contributed by atoms with Gasteiger partial charge in [-0.3, -0.25) is 4.57 Å². The molecule has 0 fully saturated rings. The van der Waals surface area contributed by atoms with E-state index in [1.54, 1.807) is 6.33 Å². The quantitative estimate of drug-likeness (QED) is 0.516. The normalized spacial score (nSPS) is 12.1. The maximum Gasteiger partial charge on any atom is 0.325 e. The summed E-state index contributed by atoms with van der Waals surface area (Å²) in [5.41, 5.74) is 7.02. The van der Waals surface area contributed by atoms with E-state index >= 15 is 0 Å². The van der Waals surface area contributed by atoms with Crippen molar-refractivity contribution in [2.45, 2.75) is 32.2 Å². The first-order valence-corrected chi connectivity index (χ1v) is 8.23. The van der Waals surface area contributed by atoms with Gasteiger partial charge in [0.15, 0.2) is 11.5 Å². The number of nitrogen functional groups attached to an aromatic ring is 1. The number of anilines is 1. The van der Waals surface area contributed by atoms with Crippen molar-refractivity contribution in [3.05, 3.63) is 12.7 Å². The minimum atomic E-state index is -3.85. The molecule has 0 aliphatic carbocycles. The fraction of sp³-hybridized carbons (Fsp3) is 0.545. The smallest absolute Gasteiger partial charge is 0.325 e. The van der Waals surface area contributed by atoms with Gasteiger partial charge in [0.05, 0.1) is 6.33 Å². The van der Waals surface area contributed by atoms with Gasteiger partial charge >= 0.3 is 7.60 Å². The summed E-state index contributed by atoms with van der Waals surface area (Å²) in [6.07, 6.45) is 6.21. The van der Waals surface area contributed by atoms with Crippen molar-refractivity contribution in [3.63, 3.8) is 0 Å². The predicted molar refractivity (Wildman–Crippen MR) is 75.1 cm³/mol. The molecule has 2 heterocycles. The summed E-state index contributed by atoms with van der Waals surface area (Å²) in [4.78, 5) is 29.7. The number of fused-ring (bicyclic) bond motifs is 1. The van der Waals surface area contributed by atoms with Gasteiger partial charge in [-0.25, -0.2) is 15.0 Å². The molecule has 0 aliphatic heterocycles. The Labute approximate surface area is 116 Å². The summed E-state index contributed by atoms with van der Waals surface area (Å²) in [6.45, 7) is 0.753. The van der Waals surface area contributed by atoms with Crippen LogP contribution in [0.5, 0.6) is 0 Å². The maximum absolute atomic E-state index is 10.7. The Kier molecular flexibility index (Phi) is 4.69. The summed E-state index contributed by atoms with van der Waals surface area (Å²) >= 11 is 0. The molecular formula is C11H18N5O3P. The van der Waals surface area contributed by atoms with E-state index in [0.29, 0.717) is 23.4 Å². The van der Waals surface area contributed by atoms with Crippen LogP contribution in [0.25, 0.3) is 11.2 Å². The number of imidazole rings is 1. The minimum Gasteiger partial charge on any atom is -0.382 e. The third kappa shape index (κ3) is 4.00. The second-order valence-corrected chi connectivity index (χ2v) is 6.45. The van der Waals surface area contributed by atoms with E-state index < -0.39 is 7.60 Å². The van der Waals surface area contributed by atoms with Crippen LogP contribution >= 0.6 is 7.60 Å².